The van der Waals surface area contributed by atoms with Crippen molar-refractivity contribution in [3.8, 4) is 0 Å². The van der Waals surface area contributed by atoms with Gasteiger partial charge in [0.25, 0.3) is 0 Å². The molecule has 1 unspecified atom stereocenters. The summed E-state index contributed by atoms with van der Waals surface area (Å²) < 4.78 is 0.404. The van der Waals surface area contributed by atoms with Crippen LogP contribution in [0.25, 0.3) is 0 Å². The smallest absolute Gasteiger partial charge is 0.0802 e. The molecular formula is C18H29NOS. The summed E-state index contributed by atoms with van der Waals surface area (Å²) in [5, 5.41) is 10.4. The normalized spacial score (nSPS) is 21.0. The van der Waals surface area contributed by atoms with Crippen LogP contribution in [-0.2, 0) is 0 Å². The van der Waals surface area contributed by atoms with E-state index in [0.717, 1.165) is 31.6 Å². The predicted octanol–water partition coefficient (Wildman–Crippen LogP) is 3.94. The second kappa shape index (κ2) is 7.17. The van der Waals surface area contributed by atoms with Gasteiger partial charge in [-0.05, 0) is 38.8 Å². The highest BCUT2D eigenvalue weighted by Gasteiger charge is 2.23. The fraction of sp³-hybridized carbons (Fsp3) is 0.667. The number of hydrogen-bond acceptors (Lipinski definition) is 3. The van der Waals surface area contributed by atoms with Gasteiger partial charge in [0.05, 0.1) is 6.10 Å². The summed E-state index contributed by atoms with van der Waals surface area (Å²) in [6.45, 7) is 12.2. The molecule has 2 nitrogen and oxygen atoms in total. The largest absolute Gasteiger partial charge is 0.388 e. The van der Waals surface area contributed by atoms with Gasteiger partial charge in [0.2, 0.25) is 0 Å². The molecule has 1 aromatic rings. The van der Waals surface area contributed by atoms with Crippen molar-refractivity contribution in [2.75, 3.05) is 25.4 Å². The molecule has 2 rings (SSSR count). The molecule has 1 atom stereocenters. The van der Waals surface area contributed by atoms with Crippen molar-refractivity contribution in [2.24, 2.45) is 0 Å². The van der Waals surface area contributed by atoms with Gasteiger partial charge >= 0.3 is 0 Å². The van der Waals surface area contributed by atoms with Crippen molar-refractivity contribution in [1.29, 1.82) is 0 Å². The van der Waals surface area contributed by atoms with E-state index in [9.17, 15) is 5.11 Å². The van der Waals surface area contributed by atoms with Gasteiger partial charge in [0.15, 0.2) is 0 Å². The molecule has 0 saturated carbocycles. The van der Waals surface area contributed by atoms with Crippen molar-refractivity contribution in [1.82, 2.24) is 4.90 Å². The number of aliphatic hydroxyl groups excluding tert-OH is 1. The predicted molar refractivity (Wildman–Crippen MR) is 93.1 cm³/mol. The second-order valence-corrected chi connectivity index (χ2v) is 8.73. The maximum absolute atomic E-state index is 10.4. The lowest BCUT2D eigenvalue weighted by molar-refractivity contribution is 0.143. The molecule has 0 radical (unpaired) electrons. The monoisotopic (exact) mass is 307 g/mol. The van der Waals surface area contributed by atoms with E-state index < -0.39 is 0 Å². The fourth-order valence-electron chi connectivity index (χ4n) is 2.96. The molecule has 0 amide bonds. The molecule has 1 aromatic carbocycles. The Bertz CT molecular complexity index is 452. The lowest BCUT2D eigenvalue weighted by Gasteiger charge is -2.23. The summed E-state index contributed by atoms with van der Waals surface area (Å²) in [6, 6.07) is 6.38. The Hall–Kier alpha value is -0.510. The first-order valence-electron chi connectivity index (χ1n) is 7.98. The van der Waals surface area contributed by atoms with Crippen molar-refractivity contribution in [3.63, 3.8) is 0 Å². The van der Waals surface area contributed by atoms with Crippen LogP contribution in [0.1, 0.15) is 49.5 Å². The molecular weight excluding hydrogens is 278 g/mol. The molecule has 0 bridgehead atoms. The molecule has 0 aromatic heterocycles. The third kappa shape index (κ3) is 5.32. The van der Waals surface area contributed by atoms with Gasteiger partial charge in [-0.2, -0.15) is 11.8 Å². The Morgan fingerprint density at radius 3 is 2.52 bits per heavy atom. The lowest BCUT2D eigenvalue weighted by atomic mass is 10.0. The standard InChI is InChI=1S/C18H29NOS/c1-14-11-15(2)13-16(12-14)17(20)5-7-19-8-6-18(3,4)21-10-9-19/h11-13,17,20H,5-10H2,1-4H3. The van der Waals surface area contributed by atoms with E-state index in [0.29, 0.717) is 4.75 Å². The average molecular weight is 308 g/mol. The number of aryl methyl sites for hydroxylation is 2. The summed E-state index contributed by atoms with van der Waals surface area (Å²) in [4.78, 5) is 2.51. The molecule has 3 heteroatoms. The topological polar surface area (TPSA) is 23.5 Å². The summed E-state index contributed by atoms with van der Waals surface area (Å²) >= 11 is 2.08. The van der Waals surface area contributed by atoms with Gasteiger partial charge in [0, 0.05) is 23.6 Å². The number of benzene rings is 1. The first-order chi connectivity index (χ1) is 9.85. The van der Waals surface area contributed by atoms with Crippen LogP contribution < -0.4 is 0 Å². The maximum Gasteiger partial charge on any atom is 0.0802 e. The molecule has 1 saturated heterocycles. The van der Waals surface area contributed by atoms with Gasteiger partial charge in [-0.3, -0.25) is 0 Å². The number of aliphatic hydroxyl groups is 1. The average Bonchev–Trinajstić information content (AvgIpc) is 2.56. The molecule has 1 N–H and O–H groups in total. The highest BCUT2D eigenvalue weighted by atomic mass is 32.2. The highest BCUT2D eigenvalue weighted by molar-refractivity contribution is 8.00. The zero-order valence-electron chi connectivity index (χ0n) is 13.9. The Morgan fingerprint density at radius 2 is 1.86 bits per heavy atom. The SMILES string of the molecule is Cc1cc(C)cc(C(O)CCN2CCSC(C)(C)CC2)c1. The van der Waals surface area contributed by atoms with Gasteiger partial charge in [-0.25, -0.2) is 0 Å². The third-order valence-corrected chi connectivity index (χ3v) is 5.65. The Kier molecular flexibility index (Phi) is 5.75. The van der Waals surface area contributed by atoms with Crippen LogP contribution >= 0.6 is 11.8 Å². The number of rotatable bonds is 4. The molecule has 1 heterocycles. The van der Waals surface area contributed by atoms with Gasteiger partial charge in [-0.15, -0.1) is 0 Å². The minimum atomic E-state index is -0.340. The van der Waals surface area contributed by atoms with Crippen molar-refractivity contribution in [3.05, 3.63) is 34.9 Å². The van der Waals surface area contributed by atoms with Crippen LogP contribution in [0.15, 0.2) is 18.2 Å². The van der Waals surface area contributed by atoms with E-state index in [-0.39, 0.29) is 6.10 Å². The lowest BCUT2D eigenvalue weighted by Crippen LogP contribution is -2.29. The molecule has 1 aliphatic rings. The summed E-state index contributed by atoms with van der Waals surface area (Å²) in [7, 11) is 0. The summed E-state index contributed by atoms with van der Waals surface area (Å²) in [5.41, 5.74) is 3.53. The van der Waals surface area contributed by atoms with Gasteiger partial charge in [0.1, 0.15) is 0 Å². The third-order valence-electron chi connectivity index (χ3n) is 4.28. The summed E-state index contributed by atoms with van der Waals surface area (Å²) in [6.07, 6.45) is 1.72. The second-order valence-electron chi connectivity index (χ2n) is 6.93. The van der Waals surface area contributed by atoms with Gasteiger partial charge in [-0.1, -0.05) is 43.2 Å². The first-order valence-corrected chi connectivity index (χ1v) is 8.97. The fourth-order valence-corrected chi connectivity index (χ4v) is 4.10. The zero-order valence-corrected chi connectivity index (χ0v) is 14.7. The molecule has 1 fully saturated rings. The van der Waals surface area contributed by atoms with Crippen molar-refractivity contribution < 1.29 is 5.11 Å². The highest BCUT2D eigenvalue weighted by Crippen LogP contribution is 2.31. The quantitative estimate of drug-likeness (QED) is 0.911. The first kappa shape index (κ1) is 16.9. The van der Waals surface area contributed by atoms with Crippen LogP contribution in [0.4, 0.5) is 0 Å². The minimum absolute atomic E-state index is 0.340. The summed E-state index contributed by atoms with van der Waals surface area (Å²) in [5.74, 6) is 1.20. The van der Waals surface area contributed by atoms with Crippen LogP contribution in [0.2, 0.25) is 0 Å². The Balaban J connectivity index is 1.87. The molecule has 0 spiro atoms. The molecule has 0 aliphatic carbocycles. The van der Waals surface area contributed by atoms with E-state index in [1.807, 2.05) is 0 Å². The van der Waals surface area contributed by atoms with Crippen molar-refractivity contribution >= 4 is 11.8 Å². The van der Waals surface area contributed by atoms with E-state index in [4.69, 9.17) is 0 Å². The Labute approximate surface area is 133 Å². The van der Waals surface area contributed by atoms with Crippen LogP contribution in [0, 0.1) is 13.8 Å². The van der Waals surface area contributed by atoms with E-state index in [1.165, 1.54) is 23.3 Å². The van der Waals surface area contributed by atoms with E-state index in [2.05, 4.69) is 62.6 Å². The van der Waals surface area contributed by atoms with Crippen LogP contribution in [-0.4, -0.2) is 40.1 Å². The van der Waals surface area contributed by atoms with Gasteiger partial charge < -0.3 is 10.0 Å². The number of thioether (sulfide) groups is 1. The van der Waals surface area contributed by atoms with Crippen LogP contribution in [0.5, 0.6) is 0 Å². The van der Waals surface area contributed by atoms with Crippen molar-refractivity contribution in [2.45, 2.75) is 51.4 Å². The number of nitrogens with zero attached hydrogens (tertiary/aromatic N) is 1. The van der Waals surface area contributed by atoms with Crippen LogP contribution in [0.3, 0.4) is 0 Å². The van der Waals surface area contributed by atoms with E-state index >= 15 is 0 Å². The number of hydrogen-bond donors (Lipinski definition) is 1. The Morgan fingerprint density at radius 1 is 1.19 bits per heavy atom. The maximum atomic E-state index is 10.4. The minimum Gasteiger partial charge on any atom is -0.388 e. The molecule has 1 aliphatic heterocycles. The molecule has 118 valence electrons. The van der Waals surface area contributed by atoms with E-state index in [1.54, 1.807) is 0 Å². The zero-order chi connectivity index (χ0) is 15.5. The molecule has 21 heavy (non-hydrogen) atoms.